The van der Waals surface area contributed by atoms with Crippen LogP contribution in [0.25, 0.3) is 0 Å². The molecule has 0 aliphatic rings. The topological polar surface area (TPSA) is 9.23 Å². The quantitative estimate of drug-likeness (QED) is 0.377. The van der Waals surface area contributed by atoms with Crippen LogP contribution < -0.4 is 0 Å². The maximum absolute atomic E-state index is 7.09. The molecule has 0 aromatic heterocycles. The largest absolute Gasteiger partial charge is 0.382 e. The first-order valence-electron chi connectivity index (χ1n) is 8.94. The third kappa shape index (κ3) is 12.9. The predicted molar refractivity (Wildman–Crippen MR) is 92.6 cm³/mol. The summed E-state index contributed by atoms with van der Waals surface area (Å²) >= 11 is 0. The fourth-order valence-corrected chi connectivity index (χ4v) is 2.82. The normalized spacial score (nSPS) is 17.0. The Kier molecular flexibility index (Phi) is 12.9. The molecular weight excluding hydrogens is 256 g/mol. The van der Waals surface area contributed by atoms with Gasteiger partial charge in [0.2, 0.25) is 0 Å². The highest BCUT2D eigenvalue weighted by Gasteiger charge is 2.07. The zero-order valence-electron chi connectivity index (χ0n) is 15.1. The van der Waals surface area contributed by atoms with Gasteiger partial charge in [-0.25, -0.2) is 0 Å². The summed E-state index contributed by atoms with van der Waals surface area (Å²) in [4.78, 5) is 0. The summed E-state index contributed by atoms with van der Waals surface area (Å²) in [7, 11) is 1.80. The van der Waals surface area contributed by atoms with Gasteiger partial charge < -0.3 is 4.74 Å². The Morgan fingerprint density at radius 3 is 1.62 bits per heavy atom. The molecule has 0 saturated heterocycles. The smallest absolute Gasteiger partial charge is 0.0543 e. The Labute approximate surface area is 134 Å². The second-order valence-corrected chi connectivity index (χ2v) is 7.09. The average molecular weight is 294 g/mol. The standard InChI is InChI=1S/C20H37O/c1-7-17(2)11-8-12-18(3)13-9-14-19(4)15-10-16-20(5)21-6/h17-20H,8-16H2,2-6H3. The van der Waals surface area contributed by atoms with Crippen LogP contribution in [0.1, 0.15) is 85.5 Å². The molecule has 0 heterocycles. The zero-order valence-corrected chi connectivity index (χ0v) is 15.1. The molecule has 0 N–H and O–H groups in total. The van der Waals surface area contributed by atoms with Crippen molar-refractivity contribution in [1.29, 1.82) is 0 Å². The summed E-state index contributed by atoms with van der Waals surface area (Å²) in [6.07, 6.45) is 19.1. The van der Waals surface area contributed by atoms with Crippen LogP contribution >= 0.6 is 0 Å². The molecule has 21 heavy (non-hydrogen) atoms. The minimum atomic E-state index is 0.340. The Morgan fingerprint density at radius 2 is 1.19 bits per heavy atom. The second kappa shape index (κ2) is 13.2. The van der Waals surface area contributed by atoms with Crippen molar-refractivity contribution < 1.29 is 4.74 Å². The van der Waals surface area contributed by atoms with Crippen molar-refractivity contribution in [3.8, 4) is 5.92 Å². The molecule has 0 aromatic carbocycles. The van der Waals surface area contributed by atoms with Crippen molar-refractivity contribution in [2.45, 2.75) is 91.6 Å². The SMILES string of the molecule is [C]#CC(C)CCCC(C)CCCC(C)CCCC(C)OC. The Balaban J connectivity index is 3.49. The summed E-state index contributed by atoms with van der Waals surface area (Å²) in [6.45, 7) is 9.01. The van der Waals surface area contributed by atoms with Crippen molar-refractivity contribution >= 4 is 0 Å². The van der Waals surface area contributed by atoms with Gasteiger partial charge in [-0.15, -0.1) is 0 Å². The molecule has 0 saturated carbocycles. The number of ether oxygens (including phenoxy) is 1. The lowest BCUT2D eigenvalue weighted by Crippen LogP contribution is -2.05. The minimum absolute atomic E-state index is 0.340. The Hall–Kier alpha value is -0.480. The lowest BCUT2D eigenvalue weighted by atomic mass is 9.91. The zero-order chi connectivity index (χ0) is 16.1. The molecule has 4 unspecified atom stereocenters. The number of rotatable bonds is 13. The number of methoxy groups -OCH3 is 1. The van der Waals surface area contributed by atoms with Crippen LogP contribution in [0, 0.1) is 30.1 Å². The average Bonchev–Trinajstić information content (AvgIpc) is 2.46. The van der Waals surface area contributed by atoms with E-state index in [2.05, 4.69) is 33.6 Å². The lowest BCUT2D eigenvalue weighted by Gasteiger charge is -2.15. The maximum atomic E-state index is 7.09. The summed E-state index contributed by atoms with van der Waals surface area (Å²) in [5, 5.41) is 0. The van der Waals surface area contributed by atoms with E-state index in [1.165, 1.54) is 51.4 Å². The van der Waals surface area contributed by atoms with Gasteiger partial charge in [-0.05, 0) is 38.0 Å². The van der Waals surface area contributed by atoms with Crippen LogP contribution in [0.5, 0.6) is 0 Å². The van der Waals surface area contributed by atoms with E-state index in [1.807, 2.05) is 0 Å². The Bertz CT molecular complexity index is 266. The van der Waals surface area contributed by atoms with Gasteiger partial charge in [-0.2, -0.15) is 0 Å². The molecule has 0 spiro atoms. The molecule has 0 aliphatic heterocycles. The molecule has 1 heteroatoms. The van der Waals surface area contributed by atoms with Gasteiger partial charge in [0, 0.05) is 13.0 Å². The number of hydrogen-bond acceptors (Lipinski definition) is 1. The molecule has 4 atom stereocenters. The predicted octanol–water partition coefficient (Wildman–Crippen LogP) is 6.03. The molecule has 0 amide bonds. The molecule has 123 valence electrons. The summed E-state index contributed by atoms with van der Waals surface area (Å²) in [6, 6.07) is 0. The van der Waals surface area contributed by atoms with Gasteiger partial charge in [-0.3, -0.25) is 0 Å². The summed E-state index contributed by atoms with van der Waals surface area (Å²) in [5.41, 5.74) is 0. The second-order valence-electron chi connectivity index (χ2n) is 7.09. The van der Waals surface area contributed by atoms with Crippen LogP contribution in [0.4, 0.5) is 0 Å². The fraction of sp³-hybridized carbons (Fsp3) is 0.900. The molecule has 0 bridgehead atoms. The van der Waals surface area contributed by atoms with Crippen molar-refractivity contribution in [1.82, 2.24) is 0 Å². The fourth-order valence-electron chi connectivity index (χ4n) is 2.82. The van der Waals surface area contributed by atoms with Gasteiger partial charge in [0.05, 0.1) is 6.10 Å². The van der Waals surface area contributed by atoms with E-state index in [0.29, 0.717) is 12.0 Å². The van der Waals surface area contributed by atoms with E-state index < -0.39 is 0 Å². The van der Waals surface area contributed by atoms with Crippen molar-refractivity contribution in [2.24, 2.45) is 17.8 Å². The third-order valence-corrected chi connectivity index (χ3v) is 4.68. The van der Waals surface area contributed by atoms with Crippen LogP contribution in [-0.2, 0) is 4.74 Å². The Morgan fingerprint density at radius 1 is 0.762 bits per heavy atom. The molecule has 0 rings (SSSR count). The first kappa shape index (κ1) is 20.5. The highest BCUT2D eigenvalue weighted by atomic mass is 16.5. The van der Waals surface area contributed by atoms with Gasteiger partial charge in [0.25, 0.3) is 0 Å². The van der Waals surface area contributed by atoms with Crippen LogP contribution in [0.15, 0.2) is 0 Å². The van der Waals surface area contributed by atoms with E-state index in [9.17, 15) is 0 Å². The highest BCUT2D eigenvalue weighted by molar-refractivity contribution is 4.83. The first-order chi connectivity index (χ1) is 9.99. The minimum Gasteiger partial charge on any atom is -0.382 e. The molecule has 0 aliphatic carbocycles. The maximum Gasteiger partial charge on any atom is 0.0543 e. The third-order valence-electron chi connectivity index (χ3n) is 4.68. The number of hydrogen-bond donors (Lipinski definition) is 0. The highest BCUT2D eigenvalue weighted by Crippen LogP contribution is 2.21. The van der Waals surface area contributed by atoms with Crippen molar-refractivity contribution in [2.75, 3.05) is 7.11 Å². The van der Waals surface area contributed by atoms with Gasteiger partial charge in [0.15, 0.2) is 0 Å². The monoisotopic (exact) mass is 293 g/mol. The van der Waals surface area contributed by atoms with Gasteiger partial charge >= 0.3 is 0 Å². The molecular formula is C20H37O. The van der Waals surface area contributed by atoms with E-state index in [4.69, 9.17) is 11.2 Å². The molecule has 1 nitrogen and oxygen atoms in total. The molecule has 1 radical (unpaired) electrons. The van der Waals surface area contributed by atoms with Crippen molar-refractivity contribution in [3.63, 3.8) is 0 Å². The molecule has 0 fully saturated rings. The van der Waals surface area contributed by atoms with Crippen LogP contribution in [0.2, 0.25) is 0 Å². The van der Waals surface area contributed by atoms with Gasteiger partial charge in [0.1, 0.15) is 0 Å². The molecule has 0 aromatic rings. The van der Waals surface area contributed by atoms with Crippen molar-refractivity contribution in [3.05, 3.63) is 6.42 Å². The van der Waals surface area contributed by atoms with Crippen LogP contribution in [-0.4, -0.2) is 13.2 Å². The van der Waals surface area contributed by atoms with E-state index >= 15 is 0 Å². The van der Waals surface area contributed by atoms with Gasteiger partial charge in [-0.1, -0.05) is 71.6 Å². The van der Waals surface area contributed by atoms with E-state index in [1.54, 1.807) is 7.11 Å². The van der Waals surface area contributed by atoms with E-state index in [-0.39, 0.29) is 0 Å². The van der Waals surface area contributed by atoms with Crippen LogP contribution in [0.3, 0.4) is 0 Å². The van der Waals surface area contributed by atoms with E-state index in [0.717, 1.165) is 18.3 Å². The summed E-state index contributed by atoms with van der Waals surface area (Å²) < 4.78 is 5.29. The summed E-state index contributed by atoms with van der Waals surface area (Å²) in [5.74, 6) is 4.60. The first-order valence-corrected chi connectivity index (χ1v) is 8.94. The lowest BCUT2D eigenvalue weighted by molar-refractivity contribution is 0.107.